The predicted molar refractivity (Wildman–Crippen MR) is 52.2 cm³/mol. The largest absolute Gasteiger partial charge is 0.488 e. The van der Waals surface area contributed by atoms with Crippen molar-refractivity contribution in [1.82, 2.24) is 4.98 Å². The van der Waals surface area contributed by atoms with Crippen molar-refractivity contribution in [2.75, 3.05) is 0 Å². The number of hydrogen-bond donors (Lipinski definition) is 0. The van der Waals surface area contributed by atoms with Crippen LogP contribution in [0.15, 0.2) is 12.3 Å². The van der Waals surface area contributed by atoms with Crippen LogP contribution < -0.4 is 4.74 Å². The first-order valence-electron chi connectivity index (χ1n) is 5.17. The lowest BCUT2D eigenvalue weighted by atomic mass is 9.96. The average molecular weight is 231 g/mol. The molecule has 1 heterocycles. The summed E-state index contributed by atoms with van der Waals surface area (Å²) >= 11 is 0. The van der Waals surface area contributed by atoms with E-state index in [0.717, 1.165) is 31.5 Å². The van der Waals surface area contributed by atoms with Gasteiger partial charge >= 0.3 is 6.18 Å². The van der Waals surface area contributed by atoms with E-state index in [0.29, 0.717) is 5.69 Å². The number of alkyl halides is 3. The van der Waals surface area contributed by atoms with Gasteiger partial charge in [-0.2, -0.15) is 13.2 Å². The quantitative estimate of drug-likeness (QED) is 0.778. The molecule has 2 nitrogen and oxygen atoms in total. The van der Waals surface area contributed by atoms with Gasteiger partial charge in [0.25, 0.3) is 0 Å². The standard InChI is InChI=1S/C11H12F3NO/c1-7-5-9(11(12,13)14)10(6-15-7)16-8-3-2-4-8/h5-6,8H,2-4H2,1H3. The molecule has 1 aliphatic carbocycles. The Kier molecular flexibility index (Phi) is 2.78. The molecular weight excluding hydrogens is 219 g/mol. The van der Waals surface area contributed by atoms with Crippen LogP contribution in [0, 0.1) is 6.92 Å². The van der Waals surface area contributed by atoms with Gasteiger partial charge in [0.15, 0.2) is 0 Å². The third kappa shape index (κ3) is 2.28. The van der Waals surface area contributed by atoms with Crippen LogP contribution in [0.25, 0.3) is 0 Å². The van der Waals surface area contributed by atoms with E-state index in [2.05, 4.69) is 4.98 Å². The molecule has 0 amide bonds. The highest BCUT2D eigenvalue weighted by Gasteiger charge is 2.36. The van der Waals surface area contributed by atoms with Gasteiger partial charge in [0.05, 0.1) is 12.3 Å². The Morgan fingerprint density at radius 3 is 2.56 bits per heavy atom. The molecule has 0 aromatic carbocycles. The van der Waals surface area contributed by atoms with Crippen molar-refractivity contribution < 1.29 is 17.9 Å². The van der Waals surface area contributed by atoms with Crippen molar-refractivity contribution in [3.8, 4) is 5.75 Å². The molecule has 0 unspecified atom stereocenters. The molecule has 0 radical (unpaired) electrons. The second kappa shape index (κ2) is 3.96. The maximum atomic E-state index is 12.7. The highest BCUT2D eigenvalue weighted by atomic mass is 19.4. The number of halogens is 3. The first-order valence-corrected chi connectivity index (χ1v) is 5.17. The fourth-order valence-corrected chi connectivity index (χ4v) is 1.53. The Morgan fingerprint density at radius 1 is 1.38 bits per heavy atom. The Morgan fingerprint density at radius 2 is 2.06 bits per heavy atom. The van der Waals surface area contributed by atoms with Crippen molar-refractivity contribution in [1.29, 1.82) is 0 Å². The van der Waals surface area contributed by atoms with Crippen LogP contribution >= 0.6 is 0 Å². The molecule has 0 saturated heterocycles. The van der Waals surface area contributed by atoms with E-state index in [9.17, 15) is 13.2 Å². The molecule has 1 fully saturated rings. The van der Waals surface area contributed by atoms with Gasteiger partial charge in [0.2, 0.25) is 0 Å². The molecule has 88 valence electrons. The highest BCUT2D eigenvalue weighted by Crippen LogP contribution is 2.37. The third-order valence-corrected chi connectivity index (χ3v) is 2.66. The van der Waals surface area contributed by atoms with E-state index in [1.165, 1.54) is 6.92 Å². The number of pyridine rings is 1. The van der Waals surface area contributed by atoms with Crippen molar-refractivity contribution in [3.05, 3.63) is 23.5 Å². The molecule has 5 heteroatoms. The maximum Gasteiger partial charge on any atom is 0.420 e. The number of rotatable bonds is 2. The Bertz CT molecular complexity index is 385. The number of nitrogens with zero attached hydrogens (tertiary/aromatic N) is 1. The molecule has 2 rings (SSSR count). The van der Waals surface area contributed by atoms with Gasteiger partial charge in [-0.1, -0.05) is 0 Å². The zero-order valence-electron chi connectivity index (χ0n) is 8.84. The lowest BCUT2D eigenvalue weighted by molar-refractivity contribution is -0.139. The van der Waals surface area contributed by atoms with Crippen molar-refractivity contribution >= 4 is 0 Å². The van der Waals surface area contributed by atoms with Gasteiger partial charge < -0.3 is 4.74 Å². The lowest BCUT2D eigenvalue weighted by Crippen LogP contribution is -2.26. The second-order valence-electron chi connectivity index (χ2n) is 3.99. The first kappa shape index (κ1) is 11.2. The van der Waals surface area contributed by atoms with Crippen LogP contribution in [0.1, 0.15) is 30.5 Å². The molecule has 0 spiro atoms. The summed E-state index contributed by atoms with van der Waals surface area (Å²) in [6, 6.07) is 1.02. The molecule has 0 aliphatic heterocycles. The van der Waals surface area contributed by atoms with E-state index < -0.39 is 11.7 Å². The molecule has 1 aromatic rings. The van der Waals surface area contributed by atoms with Gasteiger partial charge in [-0.3, -0.25) is 4.98 Å². The number of ether oxygens (including phenoxy) is 1. The van der Waals surface area contributed by atoms with Crippen molar-refractivity contribution in [2.24, 2.45) is 0 Å². The summed E-state index contributed by atoms with van der Waals surface area (Å²) in [6.45, 7) is 1.53. The summed E-state index contributed by atoms with van der Waals surface area (Å²) in [5.41, 5.74) is -0.389. The highest BCUT2D eigenvalue weighted by molar-refractivity contribution is 5.35. The Hall–Kier alpha value is -1.26. The van der Waals surface area contributed by atoms with Crippen molar-refractivity contribution in [2.45, 2.75) is 38.5 Å². The summed E-state index contributed by atoms with van der Waals surface area (Å²) in [6.07, 6.45) is -0.629. The predicted octanol–water partition coefficient (Wildman–Crippen LogP) is 3.34. The van der Waals surface area contributed by atoms with E-state index >= 15 is 0 Å². The molecule has 1 aromatic heterocycles. The van der Waals surface area contributed by atoms with Gasteiger partial charge in [-0.05, 0) is 32.3 Å². The fourth-order valence-electron chi connectivity index (χ4n) is 1.53. The van der Waals surface area contributed by atoms with E-state index in [-0.39, 0.29) is 11.9 Å². The van der Waals surface area contributed by atoms with Gasteiger partial charge in [0.1, 0.15) is 11.3 Å². The molecule has 1 saturated carbocycles. The first-order chi connectivity index (χ1) is 7.47. The lowest BCUT2D eigenvalue weighted by Gasteiger charge is -2.27. The fraction of sp³-hybridized carbons (Fsp3) is 0.545. The summed E-state index contributed by atoms with van der Waals surface area (Å²) in [5, 5.41) is 0. The van der Waals surface area contributed by atoms with Gasteiger partial charge in [0, 0.05) is 5.69 Å². The molecule has 16 heavy (non-hydrogen) atoms. The second-order valence-corrected chi connectivity index (χ2v) is 3.99. The monoisotopic (exact) mass is 231 g/mol. The Labute approximate surface area is 91.4 Å². The zero-order valence-corrected chi connectivity index (χ0v) is 8.84. The number of hydrogen-bond acceptors (Lipinski definition) is 2. The number of aromatic nitrogens is 1. The number of aryl methyl sites for hydroxylation is 1. The van der Waals surface area contributed by atoms with Crippen LogP contribution in [-0.2, 0) is 6.18 Å². The van der Waals surface area contributed by atoms with E-state index in [4.69, 9.17) is 4.74 Å². The molecular formula is C11H12F3NO. The maximum absolute atomic E-state index is 12.7. The van der Waals surface area contributed by atoms with E-state index in [1.807, 2.05) is 0 Å². The minimum atomic E-state index is -4.38. The topological polar surface area (TPSA) is 22.1 Å². The minimum Gasteiger partial charge on any atom is -0.488 e. The molecule has 0 N–H and O–H groups in total. The van der Waals surface area contributed by atoms with Crippen LogP contribution in [0.3, 0.4) is 0 Å². The summed E-state index contributed by atoms with van der Waals surface area (Å²) < 4.78 is 43.4. The zero-order chi connectivity index (χ0) is 11.8. The molecule has 1 aliphatic rings. The van der Waals surface area contributed by atoms with Crippen LogP contribution in [-0.4, -0.2) is 11.1 Å². The normalized spacial score (nSPS) is 17.0. The van der Waals surface area contributed by atoms with Crippen molar-refractivity contribution in [3.63, 3.8) is 0 Å². The van der Waals surface area contributed by atoms with Crippen LogP contribution in [0.2, 0.25) is 0 Å². The average Bonchev–Trinajstić information content (AvgIpc) is 2.11. The third-order valence-electron chi connectivity index (χ3n) is 2.66. The van der Waals surface area contributed by atoms with Gasteiger partial charge in [-0.25, -0.2) is 0 Å². The summed E-state index contributed by atoms with van der Waals surface area (Å²) in [4.78, 5) is 3.84. The van der Waals surface area contributed by atoms with E-state index in [1.54, 1.807) is 0 Å². The summed E-state index contributed by atoms with van der Waals surface area (Å²) in [5.74, 6) is -0.150. The Balaban J connectivity index is 2.28. The smallest absolute Gasteiger partial charge is 0.420 e. The molecule has 0 atom stereocenters. The van der Waals surface area contributed by atoms with Gasteiger partial charge in [-0.15, -0.1) is 0 Å². The van der Waals surface area contributed by atoms with Crippen LogP contribution in [0.4, 0.5) is 13.2 Å². The SMILES string of the molecule is Cc1cc(C(F)(F)F)c(OC2CCC2)cn1. The van der Waals surface area contributed by atoms with Crippen LogP contribution in [0.5, 0.6) is 5.75 Å². The summed E-state index contributed by atoms with van der Waals surface area (Å²) in [7, 11) is 0. The minimum absolute atomic E-state index is 0.0781. The molecule has 0 bridgehead atoms.